The molecule has 0 saturated heterocycles. The van der Waals surface area contributed by atoms with Crippen LogP contribution < -0.4 is 9.80 Å². The van der Waals surface area contributed by atoms with E-state index in [1.54, 1.807) is 0 Å². The normalized spacial score (nSPS) is 11.9. The average molecular weight is 897 g/mol. The van der Waals surface area contributed by atoms with Crippen LogP contribution in [-0.4, -0.2) is 0 Å². The molecule has 66 heavy (non-hydrogen) atoms. The number of hydrogen-bond donors (Lipinski definition) is 0. The molecule has 0 amide bonds. The molecule has 14 aromatic rings. The van der Waals surface area contributed by atoms with Crippen molar-refractivity contribution in [3.63, 3.8) is 0 Å². The summed E-state index contributed by atoms with van der Waals surface area (Å²) in [5.41, 5.74) is 10.5. The van der Waals surface area contributed by atoms with Crippen molar-refractivity contribution in [1.29, 1.82) is 0 Å². The predicted octanol–water partition coefficient (Wildman–Crippen LogP) is 19.3. The molecule has 0 aliphatic heterocycles. The first-order chi connectivity index (χ1) is 32.7. The summed E-state index contributed by atoms with van der Waals surface area (Å²) in [7, 11) is 0. The maximum atomic E-state index is 6.36. The van der Waals surface area contributed by atoms with Gasteiger partial charge >= 0.3 is 0 Å². The van der Waals surface area contributed by atoms with Crippen LogP contribution in [0.4, 0.5) is 34.1 Å². The third-order valence-electron chi connectivity index (χ3n) is 13.0. The van der Waals surface area contributed by atoms with Crippen molar-refractivity contribution >= 4 is 151 Å². The van der Waals surface area contributed by atoms with Crippen LogP contribution in [0, 0.1) is 0 Å². The molecule has 0 bridgehead atoms. The zero-order valence-corrected chi connectivity index (χ0v) is 37.8. The molecule has 10 aromatic carbocycles. The van der Waals surface area contributed by atoms with Gasteiger partial charge in [-0.3, -0.25) is 0 Å². The summed E-state index contributed by atoms with van der Waals surface area (Å²) < 4.78 is 14.0. The van der Waals surface area contributed by atoms with E-state index in [0.29, 0.717) is 0 Å². The molecule has 6 heteroatoms. The molecule has 0 N–H and O–H groups in total. The quantitative estimate of drug-likeness (QED) is 0.159. The number of rotatable bonds is 7. The van der Waals surface area contributed by atoms with Gasteiger partial charge in [-0.25, -0.2) is 0 Å². The van der Waals surface area contributed by atoms with Crippen molar-refractivity contribution in [1.82, 2.24) is 0 Å². The molecule has 4 heterocycles. The number of anilines is 6. The van der Waals surface area contributed by atoms with Gasteiger partial charge in [-0.1, -0.05) is 109 Å². The lowest BCUT2D eigenvalue weighted by molar-refractivity contribution is 0.669. The van der Waals surface area contributed by atoms with Crippen molar-refractivity contribution in [3.05, 3.63) is 218 Å². The number of para-hydroxylation sites is 2. The Morgan fingerprint density at radius 3 is 1.36 bits per heavy atom. The third kappa shape index (κ3) is 6.07. The van der Waals surface area contributed by atoms with Gasteiger partial charge in [-0.15, -0.1) is 34.0 Å². The maximum absolute atomic E-state index is 6.36. The van der Waals surface area contributed by atoms with E-state index in [9.17, 15) is 0 Å². The Labute approximate surface area is 391 Å². The number of furan rings is 1. The van der Waals surface area contributed by atoms with E-state index in [-0.39, 0.29) is 0 Å². The summed E-state index contributed by atoms with van der Waals surface area (Å²) in [6, 6.07) is 80.1. The second kappa shape index (κ2) is 14.9. The topological polar surface area (TPSA) is 19.6 Å². The highest BCUT2D eigenvalue weighted by atomic mass is 32.1. The molecule has 4 aromatic heterocycles. The van der Waals surface area contributed by atoms with Crippen LogP contribution in [0.25, 0.3) is 93.6 Å². The van der Waals surface area contributed by atoms with Crippen LogP contribution in [0.5, 0.6) is 0 Å². The number of nitrogens with zero attached hydrogens (tertiary/aromatic N) is 2. The SMILES string of the molecule is c1ccc(N(c2cc(-c3ccc4oc5ccccc5c4c3)cc(N(c3ccc4c(c3)sc3ccccc34)c3ccc4sc5ccccc5c4c3)c2)c2ccc3c(c2)sc2ccccc23)cc1. The first kappa shape index (κ1) is 37.6. The van der Waals surface area contributed by atoms with Crippen molar-refractivity contribution in [2.75, 3.05) is 9.80 Å². The average Bonchev–Trinajstić information content (AvgIpc) is 4.14. The summed E-state index contributed by atoms with van der Waals surface area (Å²) in [5.74, 6) is 0. The lowest BCUT2D eigenvalue weighted by atomic mass is 9.99. The minimum absolute atomic E-state index is 0.883. The van der Waals surface area contributed by atoms with Crippen molar-refractivity contribution in [3.8, 4) is 11.1 Å². The molecule has 14 rings (SSSR count). The van der Waals surface area contributed by atoms with E-state index in [1.165, 1.54) is 60.5 Å². The first-order valence-corrected chi connectivity index (χ1v) is 24.6. The van der Waals surface area contributed by atoms with E-state index < -0.39 is 0 Å². The third-order valence-corrected chi connectivity index (χ3v) is 16.4. The number of hydrogen-bond acceptors (Lipinski definition) is 6. The molecule has 0 radical (unpaired) electrons. The molecule has 0 fully saturated rings. The van der Waals surface area contributed by atoms with Gasteiger partial charge in [-0.05, 0) is 120 Å². The van der Waals surface area contributed by atoms with Gasteiger partial charge in [0.05, 0.1) is 0 Å². The fraction of sp³-hybridized carbons (Fsp3) is 0. The lowest BCUT2D eigenvalue weighted by Gasteiger charge is -2.30. The molecule has 3 nitrogen and oxygen atoms in total. The van der Waals surface area contributed by atoms with E-state index in [1.807, 2.05) is 40.1 Å². The Morgan fingerprint density at radius 1 is 0.242 bits per heavy atom. The van der Waals surface area contributed by atoms with Crippen LogP contribution in [-0.2, 0) is 0 Å². The highest BCUT2D eigenvalue weighted by Crippen LogP contribution is 2.48. The molecule has 0 aliphatic carbocycles. The van der Waals surface area contributed by atoms with E-state index in [2.05, 4.69) is 222 Å². The molecular formula is C60H36N2OS3. The van der Waals surface area contributed by atoms with Crippen LogP contribution in [0.15, 0.2) is 223 Å². The number of thiophene rings is 3. The van der Waals surface area contributed by atoms with Crippen molar-refractivity contribution < 1.29 is 4.42 Å². The van der Waals surface area contributed by atoms with Gasteiger partial charge in [-0.2, -0.15) is 0 Å². The van der Waals surface area contributed by atoms with Gasteiger partial charge in [0.25, 0.3) is 0 Å². The Bertz CT molecular complexity index is 4210. The molecule has 310 valence electrons. The summed E-state index contributed by atoms with van der Waals surface area (Å²) in [5, 5.41) is 9.90. The molecule has 0 spiro atoms. The zero-order valence-electron chi connectivity index (χ0n) is 35.3. The fourth-order valence-electron chi connectivity index (χ4n) is 9.96. The molecule has 0 aliphatic rings. The van der Waals surface area contributed by atoms with E-state index in [4.69, 9.17) is 4.42 Å². The van der Waals surface area contributed by atoms with E-state index >= 15 is 0 Å². The Morgan fingerprint density at radius 2 is 0.712 bits per heavy atom. The van der Waals surface area contributed by atoms with Gasteiger partial charge in [0.15, 0.2) is 0 Å². The Hall–Kier alpha value is -7.74. The highest BCUT2D eigenvalue weighted by Gasteiger charge is 2.22. The minimum atomic E-state index is 0.883. The largest absolute Gasteiger partial charge is 0.456 e. The first-order valence-electron chi connectivity index (χ1n) is 22.1. The van der Waals surface area contributed by atoms with E-state index in [0.717, 1.165) is 67.2 Å². The Kier molecular flexibility index (Phi) is 8.50. The summed E-state index contributed by atoms with van der Waals surface area (Å²) >= 11 is 5.56. The standard InChI is InChI=1S/C60H36N2OS3/c1-2-12-39(13-3-1)61(41-23-26-49-46-15-5-9-19-55(46)65-59(49)35-41)43-30-38(37-22-28-54-51(32-37)45-14-4-8-18-53(45)63-54)31-44(33-43)62(40-25-29-58-52(34-40)48-17-7-11-21-57(48)64-58)42-24-27-50-47-16-6-10-20-56(47)66-60(50)36-42/h1-36H. The van der Waals surface area contributed by atoms with Crippen molar-refractivity contribution in [2.45, 2.75) is 0 Å². The van der Waals surface area contributed by atoms with Gasteiger partial charge in [0, 0.05) is 105 Å². The van der Waals surface area contributed by atoms with Crippen LogP contribution in [0.1, 0.15) is 0 Å². The van der Waals surface area contributed by atoms with Crippen LogP contribution in [0.2, 0.25) is 0 Å². The summed E-state index contributed by atoms with van der Waals surface area (Å²) in [6.45, 7) is 0. The smallest absolute Gasteiger partial charge is 0.135 e. The maximum Gasteiger partial charge on any atom is 0.135 e. The van der Waals surface area contributed by atoms with Crippen LogP contribution in [0.3, 0.4) is 0 Å². The molecular weight excluding hydrogens is 861 g/mol. The highest BCUT2D eigenvalue weighted by molar-refractivity contribution is 7.26. The zero-order chi connectivity index (χ0) is 43.3. The molecule has 0 saturated carbocycles. The molecule has 0 unspecified atom stereocenters. The van der Waals surface area contributed by atoms with Gasteiger partial charge in [0.2, 0.25) is 0 Å². The van der Waals surface area contributed by atoms with Crippen LogP contribution >= 0.6 is 34.0 Å². The monoisotopic (exact) mass is 896 g/mol. The predicted molar refractivity (Wildman–Crippen MR) is 287 cm³/mol. The summed E-state index contributed by atoms with van der Waals surface area (Å²) in [6.07, 6.45) is 0. The number of benzene rings is 10. The summed E-state index contributed by atoms with van der Waals surface area (Å²) in [4.78, 5) is 4.89. The molecule has 0 atom stereocenters. The second-order valence-electron chi connectivity index (χ2n) is 16.9. The fourth-order valence-corrected chi connectivity index (χ4v) is 13.3. The lowest BCUT2D eigenvalue weighted by Crippen LogP contribution is -2.13. The number of fused-ring (bicyclic) bond motifs is 12. The second-order valence-corrected chi connectivity index (χ2v) is 20.1. The Balaban J connectivity index is 1.05. The van der Waals surface area contributed by atoms with Gasteiger partial charge < -0.3 is 14.2 Å². The van der Waals surface area contributed by atoms with Crippen molar-refractivity contribution in [2.24, 2.45) is 0 Å². The minimum Gasteiger partial charge on any atom is -0.456 e. The van der Waals surface area contributed by atoms with Gasteiger partial charge in [0.1, 0.15) is 11.2 Å².